The minimum Gasteiger partial charge on any atom is -0.388 e. The van der Waals surface area contributed by atoms with Crippen LogP contribution in [-0.2, 0) is 16.1 Å². The Balaban J connectivity index is 1.25. The fraction of sp³-hybridized carbons (Fsp3) is 0.355. The molecule has 0 amide bonds. The van der Waals surface area contributed by atoms with E-state index < -0.39 is 58.2 Å². The Hall–Kier alpha value is -3.14. The molecule has 0 saturated carbocycles. The number of aliphatic hydroxyl groups is 1. The number of hydrogen-bond acceptors (Lipinski definition) is 3. The Labute approximate surface area is 228 Å². The number of epoxide rings is 1. The molecule has 1 N–H and O–H groups in total. The van der Waals surface area contributed by atoms with Crippen molar-refractivity contribution in [3.63, 3.8) is 0 Å². The molecule has 0 bridgehead atoms. The van der Waals surface area contributed by atoms with Crippen LogP contribution in [0.1, 0.15) is 73.5 Å². The van der Waals surface area contributed by atoms with Crippen molar-refractivity contribution >= 4 is 5.57 Å². The SMILES string of the molecule is CCCC(O)c1ccc(C2=CCC(OCc3ccc(-c4ccc(C5CO5)c(F)c4F)c(F)c3F)CC2)c(F)c1F. The lowest BCUT2D eigenvalue weighted by Gasteiger charge is -2.23. The first-order chi connectivity index (χ1) is 19.2. The van der Waals surface area contributed by atoms with Crippen molar-refractivity contribution in [1.82, 2.24) is 0 Å². The molecule has 2 aliphatic rings. The van der Waals surface area contributed by atoms with Crippen molar-refractivity contribution < 1.29 is 40.9 Å². The number of halogens is 6. The second kappa shape index (κ2) is 11.8. The van der Waals surface area contributed by atoms with Gasteiger partial charge in [0.05, 0.1) is 25.4 Å². The standard InChI is InChI=1S/C31H28F6O3/c1-2-3-24(38)22-12-10-19(27(33)30(22)36)16-4-7-18(8-5-16)39-14-17-6-9-20(28(34)26(17)32)21-11-13-23(25-15-40-25)31(37)29(21)35/h4,6,9-13,18,24-25,38H,2-3,5,7-8,14-15H2,1H3. The Kier molecular flexibility index (Phi) is 8.35. The molecule has 3 atom stereocenters. The third kappa shape index (κ3) is 5.55. The maximum absolute atomic E-state index is 14.9. The van der Waals surface area contributed by atoms with Crippen LogP contribution in [0.5, 0.6) is 0 Å². The normalized spacial score (nSPS) is 19.4. The highest BCUT2D eigenvalue weighted by atomic mass is 19.2. The number of ether oxygens (including phenoxy) is 2. The topological polar surface area (TPSA) is 42.0 Å². The lowest BCUT2D eigenvalue weighted by molar-refractivity contribution is 0.0342. The molecule has 9 heteroatoms. The number of hydrogen-bond donors (Lipinski definition) is 1. The molecule has 0 radical (unpaired) electrons. The molecular formula is C31H28F6O3. The molecule has 1 saturated heterocycles. The zero-order chi connectivity index (χ0) is 28.6. The molecule has 5 rings (SSSR count). The average Bonchev–Trinajstić information content (AvgIpc) is 3.79. The van der Waals surface area contributed by atoms with Gasteiger partial charge in [-0.05, 0) is 31.3 Å². The third-order valence-electron chi connectivity index (χ3n) is 7.46. The van der Waals surface area contributed by atoms with Crippen molar-refractivity contribution in [2.24, 2.45) is 0 Å². The monoisotopic (exact) mass is 562 g/mol. The summed E-state index contributed by atoms with van der Waals surface area (Å²) in [6.07, 6.45) is 1.87. The summed E-state index contributed by atoms with van der Waals surface area (Å²) in [4.78, 5) is 0. The summed E-state index contributed by atoms with van der Waals surface area (Å²) in [5, 5.41) is 10.1. The first kappa shape index (κ1) is 28.4. The van der Waals surface area contributed by atoms with Crippen LogP contribution in [0.3, 0.4) is 0 Å². The number of rotatable bonds is 9. The van der Waals surface area contributed by atoms with Crippen LogP contribution in [0.15, 0.2) is 42.5 Å². The summed E-state index contributed by atoms with van der Waals surface area (Å²) >= 11 is 0. The van der Waals surface area contributed by atoms with E-state index in [0.717, 1.165) is 0 Å². The van der Waals surface area contributed by atoms with E-state index in [2.05, 4.69) is 0 Å². The van der Waals surface area contributed by atoms with Gasteiger partial charge < -0.3 is 14.6 Å². The van der Waals surface area contributed by atoms with Crippen molar-refractivity contribution in [3.8, 4) is 11.1 Å². The van der Waals surface area contributed by atoms with Gasteiger partial charge in [0, 0.05) is 33.4 Å². The van der Waals surface area contributed by atoms with Gasteiger partial charge in [-0.15, -0.1) is 0 Å². The van der Waals surface area contributed by atoms with Gasteiger partial charge in [-0.3, -0.25) is 0 Å². The second-order valence-electron chi connectivity index (χ2n) is 10.1. The van der Waals surface area contributed by atoms with E-state index in [4.69, 9.17) is 9.47 Å². The number of benzene rings is 3. The predicted molar refractivity (Wildman–Crippen MR) is 137 cm³/mol. The van der Waals surface area contributed by atoms with Gasteiger partial charge in [0.15, 0.2) is 34.9 Å². The van der Waals surface area contributed by atoms with Gasteiger partial charge in [-0.25, -0.2) is 26.3 Å². The molecule has 0 spiro atoms. The second-order valence-corrected chi connectivity index (χ2v) is 10.1. The summed E-state index contributed by atoms with van der Waals surface area (Å²) in [7, 11) is 0. The third-order valence-corrected chi connectivity index (χ3v) is 7.46. The average molecular weight is 563 g/mol. The van der Waals surface area contributed by atoms with E-state index in [1.807, 2.05) is 6.92 Å². The van der Waals surface area contributed by atoms with Gasteiger partial charge in [0.25, 0.3) is 0 Å². The largest absolute Gasteiger partial charge is 0.388 e. The Bertz CT molecular complexity index is 1450. The van der Waals surface area contributed by atoms with Gasteiger partial charge in [-0.1, -0.05) is 55.8 Å². The van der Waals surface area contributed by atoms with Crippen LogP contribution in [0.25, 0.3) is 16.7 Å². The zero-order valence-electron chi connectivity index (χ0n) is 21.8. The first-order valence-electron chi connectivity index (χ1n) is 13.2. The highest BCUT2D eigenvalue weighted by Crippen LogP contribution is 2.37. The van der Waals surface area contributed by atoms with Gasteiger partial charge in [0.1, 0.15) is 6.10 Å². The smallest absolute Gasteiger partial charge is 0.167 e. The van der Waals surface area contributed by atoms with E-state index in [1.165, 1.54) is 36.4 Å². The molecule has 3 aromatic rings. The Morgan fingerprint density at radius 1 is 0.850 bits per heavy atom. The van der Waals surface area contributed by atoms with Crippen molar-refractivity contribution in [3.05, 3.63) is 99.6 Å². The molecule has 212 valence electrons. The highest BCUT2D eigenvalue weighted by Gasteiger charge is 2.31. The molecule has 40 heavy (non-hydrogen) atoms. The van der Waals surface area contributed by atoms with E-state index in [-0.39, 0.29) is 41.6 Å². The molecule has 0 aromatic heterocycles. The van der Waals surface area contributed by atoms with Crippen molar-refractivity contribution in [2.75, 3.05) is 6.61 Å². The van der Waals surface area contributed by atoms with Crippen LogP contribution in [0.2, 0.25) is 0 Å². The van der Waals surface area contributed by atoms with Crippen LogP contribution in [-0.4, -0.2) is 17.8 Å². The van der Waals surface area contributed by atoms with Crippen molar-refractivity contribution in [1.29, 1.82) is 0 Å². The lowest BCUT2D eigenvalue weighted by Crippen LogP contribution is -2.17. The zero-order valence-corrected chi connectivity index (χ0v) is 21.8. The van der Waals surface area contributed by atoms with Gasteiger partial charge >= 0.3 is 0 Å². The molecule has 1 aliphatic carbocycles. The molecule has 1 heterocycles. The van der Waals surface area contributed by atoms with E-state index in [9.17, 15) is 31.4 Å². The summed E-state index contributed by atoms with van der Waals surface area (Å²) in [6, 6.07) is 7.80. The van der Waals surface area contributed by atoms with Crippen LogP contribution in [0, 0.1) is 34.9 Å². The highest BCUT2D eigenvalue weighted by molar-refractivity contribution is 5.68. The van der Waals surface area contributed by atoms with E-state index in [1.54, 1.807) is 6.08 Å². The Morgan fingerprint density at radius 3 is 2.15 bits per heavy atom. The fourth-order valence-electron chi connectivity index (χ4n) is 5.07. The van der Waals surface area contributed by atoms with E-state index >= 15 is 0 Å². The minimum atomic E-state index is -1.31. The van der Waals surface area contributed by atoms with Crippen LogP contribution >= 0.6 is 0 Å². The molecular weight excluding hydrogens is 534 g/mol. The number of aliphatic hydroxyl groups excluding tert-OH is 1. The summed E-state index contributed by atoms with van der Waals surface area (Å²) in [5.41, 5.74) is -0.210. The lowest BCUT2D eigenvalue weighted by atomic mass is 9.90. The molecule has 1 fully saturated rings. The summed E-state index contributed by atoms with van der Waals surface area (Å²) in [5.74, 6) is -7.03. The molecule has 1 aliphatic heterocycles. The van der Waals surface area contributed by atoms with Crippen LogP contribution in [0.4, 0.5) is 26.3 Å². The van der Waals surface area contributed by atoms with Gasteiger partial charge in [0.2, 0.25) is 0 Å². The molecule has 3 aromatic carbocycles. The summed E-state index contributed by atoms with van der Waals surface area (Å²) in [6.45, 7) is 1.85. The fourth-order valence-corrected chi connectivity index (χ4v) is 5.07. The predicted octanol–water partition coefficient (Wildman–Crippen LogP) is 8.25. The quantitative estimate of drug-likeness (QED) is 0.211. The van der Waals surface area contributed by atoms with Crippen molar-refractivity contribution in [2.45, 2.75) is 63.9 Å². The van der Waals surface area contributed by atoms with Gasteiger partial charge in [-0.2, -0.15) is 0 Å². The molecule has 3 nitrogen and oxygen atoms in total. The summed E-state index contributed by atoms with van der Waals surface area (Å²) < 4.78 is 98.8. The Morgan fingerprint density at radius 2 is 1.50 bits per heavy atom. The minimum absolute atomic E-state index is 0.0347. The van der Waals surface area contributed by atoms with Crippen LogP contribution < -0.4 is 0 Å². The van der Waals surface area contributed by atoms with E-state index in [0.29, 0.717) is 37.7 Å². The maximum atomic E-state index is 14.9. The molecule has 3 unspecified atom stereocenters. The maximum Gasteiger partial charge on any atom is 0.167 e. The number of allylic oxidation sites excluding steroid dienone is 1. The first-order valence-corrected chi connectivity index (χ1v) is 13.2.